The average Bonchev–Trinajstić information content (AvgIpc) is 2.63. The van der Waals surface area contributed by atoms with E-state index in [0.29, 0.717) is 11.1 Å². The van der Waals surface area contributed by atoms with Gasteiger partial charge in [0.05, 0.1) is 5.56 Å². The van der Waals surface area contributed by atoms with Crippen LogP contribution in [-0.2, 0) is 0 Å². The van der Waals surface area contributed by atoms with Crippen LogP contribution in [0.2, 0.25) is 0 Å². The predicted octanol–water partition coefficient (Wildman–Crippen LogP) is 7.95. The van der Waals surface area contributed by atoms with Gasteiger partial charge in [-0.1, -0.05) is 44.7 Å². The first-order chi connectivity index (χ1) is 12.5. The van der Waals surface area contributed by atoms with Crippen LogP contribution < -0.4 is 0 Å². The Morgan fingerprint density at radius 2 is 1.50 bits per heavy atom. The number of rotatable bonds is 5. The fourth-order valence-electron chi connectivity index (χ4n) is 5.55. The summed E-state index contributed by atoms with van der Waals surface area (Å²) in [7, 11) is 0. The maximum absolute atomic E-state index is 14.7. The normalized spacial score (nSPS) is 29.9. The molecule has 0 bridgehead atoms. The summed E-state index contributed by atoms with van der Waals surface area (Å²) in [4.78, 5) is 0. The SMILES string of the molecule is CCCC1CCC(C2CCC(c3ccc(C)c(C(F)F)c3F)CC2)CC1. The quantitative estimate of drug-likeness (QED) is 0.496. The molecule has 0 unspecified atom stereocenters. The molecule has 146 valence electrons. The molecule has 0 atom stereocenters. The van der Waals surface area contributed by atoms with E-state index in [1.54, 1.807) is 19.1 Å². The molecule has 2 aliphatic rings. The summed E-state index contributed by atoms with van der Waals surface area (Å²) in [6.07, 6.45) is 9.56. The van der Waals surface area contributed by atoms with Gasteiger partial charge < -0.3 is 0 Å². The van der Waals surface area contributed by atoms with Gasteiger partial charge in [0.25, 0.3) is 6.43 Å². The van der Waals surface area contributed by atoms with Gasteiger partial charge in [0.2, 0.25) is 0 Å². The topological polar surface area (TPSA) is 0 Å². The molecular formula is C23H33F3. The lowest BCUT2D eigenvalue weighted by Crippen LogP contribution is -2.25. The number of benzene rings is 1. The van der Waals surface area contributed by atoms with E-state index >= 15 is 0 Å². The molecule has 0 saturated heterocycles. The zero-order chi connectivity index (χ0) is 18.7. The second-order valence-electron chi connectivity index (χ2n) is 8.68. The summed E-state index contributed by atoms with van der Waals surface area (Å²) in [5, 5.41) is 0. The van der Waals surface area contributed by atoms with Crippen LogP contribution in [0, 0.1) is 30.5 Å². The highest BCUT2D eigenvalue weighted by atomic mass is 19.3. The van der Waals surface area contributed by atoms with E-state index in [-0.39, 0.29) is 11.5 Å². The van der Waals surface area contributed by atoms with Crippen molar-refractivity contribution in [2.24, 2.45) is 17.8 Å². The minimum atomic E-state index is -2.73. The molecule has 2 fully saturated rings. The molecule has 0 spiro atoms. The Hall–Kier alpha value is -0.990. The third kappa shape index (κ3) is 4.28. The van der Waals surface area contributed by atoms with Crippen LogP contribution in [0.3, 0.4) is 0 Å². The second-order valence-corrected chi connectivity index (χ2v) is 8.68. The molecule has 0 radical (unpaired) electrons. The first-order valence-electron chi connectivity index (χ1n) is 10.6. The summed E-state index contributed by atoms with van der Waals surface area (Å²) in [6, 6.07) is 3.42. The van der Waals surface area contributed by atoms with E-state index in [0.717, 1.165) is 43.4 Å². The number of halogens is 3. The molecule has 0 aliphatic heterocycles. The Balaban J connectivity index is 1.59. The van der Waals surface area contributed by atoms with Gasteiger partial charge in [0.1, 0.15) is 5.82 Å². The van der Waals surface area contributed by atoms with Crippen molar-refractivity contribution in [1.82, 2.24) is 0 Å². The van der Waals surface area contributed by atoms with Crippen LogP contribution in [0.25, 0.3) is 0 Å². The van der Waals surface area contributed by atoms with Gasteiger partial charge in [-0.25, -0.2) is 13.2 Å². The minimum Gasteiger partial charge on any atom is -0.206 e. The third-order valence-electron chi connectivity index (χ3n) is 7.11. The Kier molecular flexibility index (Phi) is 6.69. The zero-order valence-corrected chi connectivity index (χ0v) is 16.2. The molecule has 0 heterocycles. The van der Waals surface area contributed by atoms with Crippen molar-refractivity contribution in [2.45, 2.75) is 90.4 Å². The van der Waals surface area contributed by atoms with Crippen LogP contribution >= 0.6 is 0 Å². The maximum Gasteiger partial charge on any atom is 0.266 e. The predicted molar refractivity (Wildman–Crippen MR) is 101 cm³/mol. The largest absolute Gasteiger partial charge is 0.266 e. The van der Waals surface area contributed by atoms with Gasteiger partial charge in [-0.3, -0.25) is 0 Å². The number of hydrogen-bond acceptors (Lipinski definition) is 0. The molecule has 26 heavy (non-hydrogen) atoms. The maximum atomic E-state index is 14.7. The summed E-state index contributed by atoms with van der Waals surface area (Å²) in [5.41, 5.74) is 0.494. The van der Waals surface area contributed by atoms with Crippen LogP contribution in [0.1, 0.15) is 100 Å². The molecule has 0 aromatic heterocycles. The fourth-order valence-corrected chi connectivity index (χ4v) is 5.55. The Morgan fingerprint density at radius 3 is 2.04 bits per heavy atom. The van der Waals surface area contributed by atoms with Gasteiger partial charge in [-0.2, -0.15) is 0 Å². The van der Waals surface area contributed by atoms with E-state index in [4.69, 9.17) is 0 Å². The minimum absolute atomic E-state index is 0.112. The van der Waals surface area contributed by atoms with Crippen LogP contribution in [0.4, 0.5) is 13.2 Å². The lowest BCUT2D eigenvalue weighted by Gasteiger charge is -2.38. The third-order valence-corrected chi connectivity index (χ3v) is 7.11. The van der Waals surface area contributed by atoms with Crippen molar-refractivity contribution in [3.8, 4) is 0 Å². The summed E-state index contributed by atoms with van der Waals surface area (Å²) >= 11 is 0. The highest BCUT2D eigenvalue weighted by molar-refractivity contribution is 5.36. The van der Waals surface area contributed by atoms with Gasteiger partial charge in [0.15, 0.2) is 0 Å². The standard InChI is InChI=1S/C23H33F3/c1-3-4-16-6-8-17(9-7-16)18-10-12-19(13-11-18)20-14-5-15(2)21(22(20)24)23(25)26/h5,14,16-19,23H,3-4,6-13H2,1-2H3. The van der Waals surface area contributed by atoms with Crippen LogP contribution in [0.5, 0.6) is 0 Å². The van der Waals surface area contributed by atoms with Crippen LogP contribution in [0.15, 0.2) is 12.1 Å². The highest BCUT2D eigenvalue weighted by Gasteiger charge is 2.32. The number of hydrogen-bond donors (Lipinski definition) is 0. The van der Waals surface area contributed by atoms with Crippen molar-refractivity contribution >= 4 is 0 Å². The molecule has 0 nitrogen and oxygen atoms in total. The average molecular weight is 367 g/mol. The lowest BCUT2D eigenvalue weighted by molar-refractivity contribution is 0.143. The molecule has 2 aliphatic carbocycles. The number of aryl methyl sites for hydroxylation is 1. The summed E-state index contributed by atoms with van der Waals surface area (Å²) in [6.45, 7) is 3.84. The Bertz CT molecular complexity index is 579. The van der Waals surface area contributed by atoms with Gasteiger partial charge in [-0.15, -0.1) is 0 Å². The van der Waals surface area contributed by atoms with Crippen molar-refractivity contribution < 1.29 is 13.2 Å². The van der Waals surface area contributed by atoms with Crippen molar-refractivity contribution in [2.75, 3.05) is 0 Å². The van der Waals surface area contributed by atoms with E-state index in [1.807, 2.05) is 0 Å². The molecule has 3 rings (SSSR count). The van der Waals surface area contributed by atoms with E-state index in [1.165, 1.54) is 38.5 Å². The first-order valence-corrected chi connectivity index (χ1v) is 10.6. The molecular weight excluding hydrogens is 333 g/mol. The van der Waals surface area contributed by atoms with Gasteiger partial charge in [-0.05, 0) is 80.2 Å². The fraction of sp³-hybridized carbons (Fsp3) is 0.739. The highest BCUT2D eigenvalue weighted by Crippen LogP contribution is 2.45. The molecule has 1 aromatic carbocycles. The van der Waals surface area contributed by atoms with E-state index in [2.05, 4.69) is 6.92 Å². The van der Waals surface area contributed by atoms with Crippen molar-refractivity contribution in [3.63, 3.8) is 0 Å². The number of alkyl halides is 2. The monoisotopic (exact) mass is 366 g/mol. The van der Waals surface area contributed by atoms with Gasteiger partial charge >= 0.3 is 0 Å². The molecule has 1 aromatic rings. The van der Waals surface area contributed by atoms with E-state index < -0.39 is 12.2 Å². The molecule has 0 N–H and O–H groups in total. The zero-order valence-electron chi connectivity index (χ0n) is 16.2. The molecule has 2 saturated carbocycles. The molecule has 3 heteroatoms. The summed E-state index contributed by atoms with van der Waals surface area (Å²) < 4.78 is 41.0. The lowest BCUT2D eigenvalue weighted by atomic mass is 9.68. The van der Waals surface area contributed by atoms with Crippen molar-refractivity contribution in [3.05, 3.63) is 34.6 Å². The first kappa shape index (κ1) is 19.8. The smallest absolute Gasteiger partial charge is 0.206 e. The van der Waals surface area contributed by atoms with Crippen molar-refractivity contribution in [1.29, 1.82) is 0 Å². The Labute approximate surface area is 156 Å². The van der Waals surface area contributed by atoms with Gasteiger partial charge in [0, 0.05) is 0 Å². The van der Waals surface area contributed by atoms with Crippen LogP contribution in [-0.4, -0.2) is 0 Å². The summed E-state index contributed by atoms with van der Waals surface area (Å²) in [5.74, 6) is 1.99. The second kappa shape index (κ2) is 8.80. The Morgan fingerprint density at radius 1 is 0.923 bits per heavy atom. The molecule has 0 amide bonds. The van der Waals surface area contributed by atoms with E-state index in [9.17, 15) is 13.2 Å².